The van der Waals surface area contributed by atoms with E-state index in [1.54, 1.807) is 11.3 Å². The van der Waals surface area contributed by atoms with Crippen LogP contribution in [0.15, 0.2) is 23.0 Å². The number of benzene rings is 1. The Morgan fingerprint density at radius 1 is 1.35 bits per heavy atom. The molecule has 17 heavy (non-hydrogen) atoms. The predicted octanol–water partition coefficient (Wildman–Crippen LogP) is 3.15. The molecule has 2 rings (SSSR count). The Morgan fingerprint density at radius 3 is 2.47 bits per heavy atom. The molecule has 2 aromatic rings. The Labute approximate surface area is 107 Å². The molecule has 0 aliphatic heterocycles. The fraction of sp³-hybridized carbons (Fsp3) is 0.250. The van der Waals surface area contributed by atoms with Gasteiger partial charge in [0.25, 0.3) is 0 Å². The van der Waals surface area contributed by atoms with Crippen LogP contribution in [0, 0.1) is 13.8 Å². The van der Waals surface area contributed by atoms with Crippen LogP contribution in [-0.2, 0) is 16.8 Å². The minimum absolute atomic E-state index is 0.180. The summed E-state index contributed by atoms with van der Waals surface area (Å²) in [6.45, 7) is 4.01. The molecular weight excluding hydrogens is 254 g/mol. The third-order valence-electron chi connectivity index (χ3n) is 2.57. The lowest BCUT2D eigenvalue weighted by molar-refractivity contribution is 0.563. The van der Waals surface area contributed by atoms with E-state index in [0.717, 1.165) is 27.9 Å². The third kappa shape index (κ3) is 2.80. The van der Waals surface area contributed by atoms with Gasteiger partial charge in [0.2, 0.25) is 0 Å². The molecule has 3 nitrogen and oxygen atoms in total. The van der Waals surface area contributed by atoms with Crippen molar-refractivity contribution >= 4 is 22.4 Å². The third-order valence-corrected chi connectivity index (χ3v) is 3.74. The minimum atomic E-state index is -1.79. The van der Waals surface area contributed by atoms with Crippen molar-refractivity contribution in [1.29, 1.82) is 0 Å². The van der Waals surface area contributed by atoms with Crippen LogP contribution in [0.2, 0.25) is 0 Å². The molecule has 0 bridgehead atoms. The van der Waals surface area contributed by atoms with Crippen molar-refractivity contribution in [3.05, 3.63) is 39.7 Å². The highest BCUT2D eigenvalue weighted by Gasteiger charge is 2.10. The minimum Gasteiger partial charge on any atom is -0.306 e. The van der Waals surface area contributed by atoms with Crippen LogP contribution in [0.4, 0.5) is 0 Å². The molecule has 1 unspecified atom stereocenters. The molecule has 1 N–H and O–H groups in total. The van der Waals surface area contributed by atoms with E-state index in [1.165, 1.54) is 0 Å². The van der Waals surface area contributed by atoms with Gasteiger partial charge in [-0.25, -0.2) is 9.19 Å². The first-order valence-electron chi connectivity index (χ1n) is 5.14. The zero-order valence-electron chi connectivity index (χ0n) is 9.64. The van der Waals surface area contributed by atoms with Crippen LogP contribution in [0.1, 0.15) is 16.7 Å². The zero-order valence-corrected chi connectivity index (χ0v) is 11.3. The number of thiazole rings is 1. The Balaban J connectivity index is 2.46. The summed E-state index contributed by atoms with van der Waals surface area (Å²) in [4.78, 5) is 4.31. The van der Waals surface area contributed by atoms with Gasteiger partial charge in [-0.1, -0.05) is 12.1 Å². The maximum absolute atomic E-state index is 10.8. The van der Waals surface area contributed by atoms with Gasteiger partial charge in [0.15, 0.2) is 11.1 Å². The number of nitrogens with zero attached hydrogens (tertiary/aromatic N) is 1. The van der Waals surface area contributed by atoms with E-state index in [2.05, 4.69) is 4.98 Å². The smallest absolute Gasteiger partial charge is 0.157 e. The van der Waals surface area contributed by atoms with Crippen molar-refractivity contribution < 1.29 is 8.76 Å². The summed E-state index contributed by atoms with van der Waals surface area (Å²) >= 11 is -0.223. The average Bonchev–Trinajstić information content (AvgIpc) is 2.68. The second-order valence-corrected chi connectivity index (χ2v) is 5.59. The highest BCUT2D eigenvalue weighted by Crippen LogP contribution is 2.28. The Bertz CT molecular complexity index is 527. The first-order chi connectivity index (χ1) is 8.08. The van der Waals surface area contributed by atoms with E-state index in [9.17, 15) is 4.21 Å². The molecular formula is C12H13NO2S2. The molecule has 0 aliphatic rings. The van der Waals surface area contributed by atoms with Gasteiger partial charge in [-0.05, 0) is 30.5 Å². The molecule has 0 radical (unpaired) electrons. The van der Waals surface area contributed by atoms with Crippen molar-refractivity contribution in [2.24, 2.45) is 0 Å². The molecule has 0 fully saturated rings. The Morgan fingerprint density at radius 2 is 2.00 bits per heavy atom. The largest absolute Gasteiger partial charge is 0.306 e. The normalized spacial score (nSPS) is 12.6. The van der Waals surface area contributed by atoms with Gasteiger partial charge < -0.3 is 4.55 Å². The van der Waals surface area contributed by atoms with Gasteiger partial charge in [0, 0.05) is 10.9 Å². The number of aromatic nitrogens is 1. The number of hydrogen-bond acceptors (Lipinski definition) is 3. The zero-order chi connectivity index (χ0) is 12.4. The first kappa shape index (κ1) is 12.4. The molecule has 0 saturated carbocycles. The summed E-state index contributed by atoms with van der Waals surface area (Å²) in [6.07, 6.45) is 0. The van der Waals surface area contributed by atoms with E-state index in [0.29, 0.717) is 0 Å². The summed E-state index contributed by atoms with van der Waals surface area (Å²) in [5.41, 5.74) is 6.98. The lowest BCUT2D eigenvalue weighted by Crippen LogP contribution is -1.97. The van der Waals surface area contributed by atoms with Crippen LogP contribution in [0.5, 0.6) is 0 Å². The highest BCUT2D eigenvalue weighted by molar-refractivity contribution is 7.78. The molecule has 0 spiro atoms. The predicted molar refractivity (Wildman–Crippen MR) is 71.5 cm³/mol. The molecule has 1 aromatic heterocycles. The molecule has 90 valence electrons. The summed E-state index contributed by atoms with van der Waals surface area (Å²) in [7, 11) is 0. The second-order valence-electron chi connectivity index (χ2n) is 3.94. The van der Waals surface area contributed by atoms with Crippen LogP contribution in [0.25, 0.3) is 11.3 Å². The van der Waals surface area contributed by atoms with Crippen molar-refractivity contribution in [3.8, 4) is 11.3 Å². The van der Waals surface area contributed by atoms with Gasteiger partial charge in [-0.2, -0.15) is 0 Å². The fourth-order valence-corrected chi connectivity index (χ4v) is 3.01. The van der Waals surface area contributed by atoms with Crippen LogP contribution >= 0.6 is 11.3 Å². The molecule has 0 saturated heterocycles. The standard InChI is InChI=1S/C12H13NO2S2/c1-8-3-10(6-17(14)15)4-9(2)12(8)11-5-16-7-13-11/h3-5,7H,6H2,1-2H3,(H,14,15). The summed E-state index contributed by atoms with van der Waals surface area (Å²) in [5, 5.41) is 2.01. The van der Waals surface area contributed by atoms with E-state index >= 15 is 0 Å². The number of aryl methyl sites for hydroxylation is 2. The Hall–Kier alpha value is -1.04. The molecule has 0 aliphatic carbocycles. The van der Waals surface area contributed by atoms with Crippen molar-refractivity contribution in [2.45, 2.75) is 19.6 Å². The van der Waals surface area contributed by atoms with Crippen molar-refractivity contribution in [2.75, 3.05) is 0 Å². The fourth-order valence-electron chi connectivity index (χ4n) is 2.02. The number of rotatable bonds is 3. The maximum atomic E-state index is 10.8. The second kappa shape index (κ2) is 5.08. The monoisotopic (exact) mass is 267 g/mol. The van der Waals surface area contributed by atoms with Gasteiger partial charge in [-0.3, -0.25) is 0 Å². The van der Waals surface area contributed by atoms with E-state index in [-0.39, 0.29) is 5.75 Å². The molecule has 0 amide bonds. The van der Waals surface area contributed by atoms with Crippen LogP contribution < -0.4 is 0 Å². The Kier molecular flexibility index (Phi) is 3.71. The highest BCUT2D eigenvalue weighted by atomic mass is 32.2. The average molecular weight is 267 g/mol. The lowest BCUT2D eigenvalue weighted by Gasteiger charge is -2.10. The van der Waals surface area contributed by atoms with E-state index in [1.807, 2.05) is 36.9 Å². The van der Waals surface area contributed by atoms with Crippen molar-refractivity contribution in [1.82, 2.24) is 4.98 Å². The SMILES string of the molecule is Cc1cc(CS(=O)O)cc(C)c1-c1cscn1. The van der Waals surface area contributed by atoms with Gasteiger partial charge >= 0.3 is 0 Å². The molecule has 1 aromatic carbocycles. The van der Waals surface area contributed by atoms with E-state index < -0.39 is 11.1 Å². The van der Waals surface area contributed by atoms with Gasteiger partial charge in [-0.15, -0.1) is 11.3 Å². The summed E-state index contributed by atoms with van der Waals surface area (Å²) in [5.74, 6) is 0.180. The molecule has 1 atom stereocenters. The summed E-state index contributed by atoms with van der Waals surface area (Å²) in [6, 6.07) is 3.91. The van der Waals surface area contributed by atoms with E-state index in [4.69, 9.17) is 4.55 Å². The summed E-state index contributed by atoms with van der Waals surface area (Å²) < 4.78 is 19.7. The topological polar surface area (TPSA) is 50.2 Å². The molecule has 5 heteroatoms. The number of hydrogen-bond donors (Lipinski definition) is 1. The van der Waals surface area contributed by atoms with Gasteiger partial charge in [0.05, 0.1) is 17.0 Å². The van der Waals surface area contributed by atoms with Gasteiger partial charge in [0.1, 0.15) is 0 Å². The van der Waals surface area contributed by atoms with Crippen molar-refractivity contribution in [3.63, 3.8) is 0 Å². The van der Waals surface area contributed by atoms with Crippen LogP contribution in [0.3, 0.4) is 0 Å². The quantitative estimate of drug-likeness (QED) is 0.869. The lowest BCUT2D eigenvalue weighted by atomic mass is 9.98. The van der Waals surface area contributed by atoms with Crippen LogP contribution in [-0.4, -0.2) is 13.7 Å². The first-order valence-corrected chi connectivity index (χ1v) is 7.36. The molecule has 1 heterocycles. The maximum Gasteiger partial charge on any atom is 0.157 e.